The Morgan fingerprint density at radius 1 is 0.864 bits per heavy atom. The Labute approximate surface area is 259 Å². The lowest BCUT2D eigenvalue weighted by atomic mass is 9.73. The smallest absolute Gasteiger partial charge is 0.256 e. The van der Waals surface area contributed by atoms with Gasteiger partial charge in [0.15, 0.2) is 5.65 Å². The van der Waals surface area contributed by atoms with E-state index in [2.05, 4.69) is 43.9 Å². The first-order chi connectivity index (χ1) is 21.3. The molecule has 1 aliphatic heterocycles. The van der Waals surface area contributed by atoms with Crippen LogP contribution in [0.3, 0.4) is 0 Å². The second-order valence-corrected chi connectivity index (χ2v) is 13.1. The molecule has 1 saturated carbocycles. The fraction of sp³-hybridized carbons (Fsp3) is 0.486. The molecule has 7 heteroatoms. The first kappa shape index (κ1) is 30.4. The van der Waals surface area contributed by atoms with Gasteiger partial charge in [0.1, 0.15) is 17.3 Å². The van der Waals surface area contributed by atoms with Crippen LogP contribution in [-0.2, 0) is 6.42 Å². The molecule has 0 radical (unpaired) electrons. The Balaban J connectivity index is 1.46. The zero-order valence-electron chi connectivity index (χ0n) is 26.3. The van der Waals surface area contributed by atoms with Gasteiger partial charge in [0.05, 0.1) is 5.69 Å². The van der Waals surface area contributed by atoms with Crippen molar-refractivity contribution in [1.82, 2.24) is 14.5 Å². The van der Waals surface area contributed by atoms with Crippen LogP contribution in [0.2, 0.25) is 0 Å². The quantitative estimate of drug-likeness (QED) is 0.190. The maximum Gasteiger partial charge on any atom is 0.256 e. The number of halogens is 2. The van der Waals surface area contributed by atoms with E-state index in [4.69, 9.17) is 9.97 Å². The maximum absolute atomic E-state index is 15.2. The molecular weight excluding hydrogens is 554 g/mol. The standard InChI is InChI=1S/C37H44F2N4O/c1-4-5-6-8-26-14-13-25(3)30(23-26)34-29-17-18-33(44)43(35-31(38)9-7-10-32(35)39)36(29)41-37(40-34)42-21-19-28(20-22-42)27-15-11-24(2)12-16-27/h7,9-10,13-14,17-18,23-24,27-28H,4-6,8,11-12,15-16,19-22H2,1-3H3. The minimum absolute atomic E-state index is 0.223. The molecule has 2 aromatic carbocycles. The Hall–Kier alpha value is -3.61. The number of aryl methyl sites for hydroxylation is 2. The van der Waals surface area contributed by atoms with Gasteiger partial charge in [0, 0.05) is 30.1 Å². The number of piperidine rings is 1. The van der Waals surface area contributed by atoms with Crippen LogP contribution in [-0.4, -0.2) is 27.6 Å². The van der Waals surface area contributed by atoms with Gasteiger partial charge < -0.3 is 4.90 Å². The molecule has 2 aromatic heterocycles. The number of nitrogens with zero attached hydrogens (tertiary/aromatic N) is 4. The third-order valence-corrected chi connectivity index (χ3v) is 10.1. The third kappa shape index (κ3) is 6.15. The molecule has 5 nitrogen and oxygen atoms in total. The van der Waals surface area contributed by atoms with E-state index in [1.165, 1.54) is 61.9 Å². The largest absolute Gasteiger partial charge is 0.341 e. The summed E-state index contributed by atoms with van der Waals surface area (Å²) in [6.07, 6.45) is 11.8. The van der Waals surface area contributed by atoms with E-state index in [-0.39, 0.29) is 5.65 Å². The number of anilines is 1. The fourth-order valence-corrected chi connectivity index (χ4v) is 7.36. The van der Waals surface area contributed by atoms with Gasteiger partial charge in [-0.2, -0.15) is 4.98 Å². The molecule has 2 aliphatic rings. The summed E-state index contributed by atoms with van der Waals surface area (Å²) >= 11 is 0. The van der Waals surface area contributed by atoms with E-state index >= 15 is 8.78 Å². The van der Waals surface area contributed by atoms with Gasteiger partial charge in [-0.25, -0.2) is 13.8 Å². The predicted octanol–water partition coefficient (Wildman–Crippen LogP) is 8.81. The van der Waals surface area contributed by atoms with Crippen molar-refractivity contribution < 1.29 is 8.78 Å². The van der Waals surface area contributed by atoms with Crippen molar-refractivity contribution in [3.05, 3.63) is 81.6 Å². The molecule has 3 heterocycles. The van der Waals surface area contributed by atoms with E-state index < -0.39 is 22.9 Å². The highest BCUT2D eigenvalue weighted by molar-refractivity contribution is 5.93. The van der Waals surface area contributed by atoms with E-state index in [0.29, 0.717) is 22.9 Å². The molecule has 2 fully saturated rings. The summed E-state index contributed by atoms with van der Waals surface area (Å²) in [7, 11) is 0. The number of hydrogen-bond acceptors (Lipinski definition) is 4. The summed E-state index contributed by atoms with van der Waals surface area (Å²) in [5, 5.41) is 0.594. The first-order valence-electron chi connectivity index (χ1n) is 16.6. The average Bonchev–Trinajstić information content (AvgIpc) is 3.03. The van der Waals surface area contributed by atoms with Gasteiger partial charge in [-0.05, 0) is 98.6 Å². The Kier molecular flexibility index (Phi) is 9.11. The fourth-order valence-electron chi connectivity index (χ4n) is 7.36. The first-order valence-corrected chi connectivity index (χ1v) is 16.6. The highest BCUT2D eigenvalue weighted by atomic mass is 19.1. The molecule has 0 atom stereocenters. The molecule has 4 aromatic rings. The zero-order chi connectivity index (χ0) is 30.8. The van der Waals surface area contributed by atoms with Crippen molar-refractivity contribution in [1.29, 1.82) is 0 Å². The number of fused-ring (bicyclic) bond motifs is 1. The molecule has 232 valence electrons. The molecule has 1 aliphatic carbocycles. The van der Waals surface area contributed by atoms with Crippen molar-refractivity contribution in [3.63, 3.8) is 0 Å². The Bertz CT molecular complexity index is 1660. The van der Waals surface area contributed by atoms with Crippen LogP contribution in [0.5, 0.6) is 0 Å². The second-order valence-electron chi connectivity index (χ2n) is 13.1. The number of hydrogen-bond donors (Lipinski definition) is 0. The van der Waals surface area contributed by atoms with Crippen LogP contribution in [0.1, 0.15) is 82.8 Å². The number of benzene rings is 2. The van der Waals surface area contributed by atoms with Crippen LogP contribution in [0.15, 0.2) is 53.3 Å². The third-order valence-electron chi connectivity index (χ3n) is 10.1. The van der Waals surface area contributed by atoms with Crippen molar-refractivity contribution >= 4 is 17.0 Å². The summed E-state index contributed by atoms with van der Waals surface area (Å²) in [5.41, 5.74) is 3.20. The molecule has 0 amide bonds. The van der Waals surface area contributed by atoms with Crippen molar-refractivity contribution in [2.75, 3.05) is 18.0 Å². The number of para-hydroxylation sites is 1. The molecule has 44 heavy (non-hydrogen) atoms. The van der Waals surface area contributed by atoms with Crippen molar-refractivity contribution in [2.24, 2.45) is 17.8 Å². The zero-order valence-corrected chi connectivity index (χ0v) is 26.3. The van der Waals surface area contributed by atoms with Gasteiger partial charge >= 0.3 is 0 Å². The Morgan fingerprint density at radius 2 is 1.57 bits per heavy atom. The van der Waals surface area contributed by atoms with Gasteiger partial charge in [0.25, 0.3) is 5.56 Å². The summed E-state index contributed by atoms with van der Waals surface area (Å²) in [6.45, 7) is 8.27. The lowest BCUT2D eigenvalue weighted by molar-refractivity contribution is 0.186. The van der Waals surface area contributed by atoms with Gasteiger partial charge in [0.2, 0.25) is 5.95 Å². The number of pyridine rings is 1. The van der Waals surface area contributed by atoms with E-state index in [0.717, 1.165) is 72.7 Å². The van der Waals surface area contributed by atoms with Crippen molar-refractivity contribution in [3.8, 4) is 16.9 Å². The molecule has 0 spiro atoms. The summed E-state index contributed by atoms with van der Waals surface area (Å²) in [6, 6.07) is 13.2. The molecule has 0 unspecified atom stereocenters. The minimum Gasteiger partial charge on any atom is -0.341 e. The molecular formula is C37H44F2N4O. The molecule has 0 bridgehead atoms. The molecule has 6 rings (SSSR count). The molecule has 0 N–H and O–H groups in total. The Morgan fingerprint density at radius 3 is 2.27 bits per heavy atom. The predicted molar refractivity (Wildman–Crippen MR) is 175 cm³/mol. The average molecular weight is 599 g/mol. The van der Waals surface area contributed by atoms with Gasteiger partial charge in [-0.1, -0.05) is 57.7 Å². The summed E-state index contributed by atoms with van der Waals surface area (Å²) in [5.74, 6) is 1.22. The summed E-state index contributed by atoms with van der Waals surface area (Å²) < 4.78 is 31.4. The minimum atomic E-state index is -0.807. The van der Waals surface area contributed by atoms with Crippen molar-refractivity contribution in [2.45, 2.75) is 85.0 Å². The highest BCUT2D eigenvalue weighted by Crippen LogP contribution is 2.39. The van der Waals surface area contributed by atoms with Crippen LogP contribution in [0.4, 0.5) is 14.7 Å². The summed E-state index contributed by atoms with van der Waals surface area (Å²) in [4.78, 5) is 25.6. The van der Waals surface area contributed by atoms with Crippen LogP contribution < -0.4 is 10.5 Å². The SMILES string of the molecule is CCCCCc1ccc(C)c(-c2nc(N3CCC(C4CCC(C)CC4)CC3)nc3c2ccc(=O)n3-c2c(F)cccc2F)c1. The van der Waals surface area contributed by atoms with E-state index in [1.807, 2.05) is 0 Å². The van der Waals surface area contributed by atoms with Crippen LogP contribution in [0.25, 0.3) is 28.0 Å². The second kappa shape index (κ2) is 13.2. The van der Waals surface area contributed by atoms with Crippen LogP contribution in [0, 0.1) is 36.3 Å². The number of aromatic nitrogens is 3. The maximum atomic E-state index is 15.2. The van der Waals surface area contributed by atoms with Crippen LogP contribution >= 0.6 is 0 Å². The van der Waals surface area contributed by atoms with E-state index in [1.54, 1.807) is 6.07 Å². The van der Waals surface area contributed by atoms with Gasteiger partial charge in [-0.3, -0.25) is 9.36 Å². The van der Waals surface area contributed by atoms with E-state index in [9.17, 15) is 4.79 Å². The number of unbranched alkanes of at least 4 members (excludes halogenated alkanes) is 2. The topological polar surface area (TPSA) is 51.0 Å². The normalized spacial score (nSPS) is 19.5. The lowest BCUT2D eigenvalue weighted by Gasteiger charge is -2.38. The molecule has 1 saturated heterocycles. The monoisotopic (exact) mass is 598 g/mol. The highest BCUT2D eigenvalue weighted by Gasteiger charge is 2.31. The van der Waals surface area contributed by atoms with Gasteiger partial charge in [-0.15, -0.1) is 0 Å². The lowest BCUT2D eigenvalue weighted by Crippen LogP contribution is -2.38. The number of rotatable bonds is 8.